The minimum Gasteiger partial charge on any atom is -0.462 e. The summed E-state index contributed by atoms with van der Waals surface area (Å²) in [6, 6.07) is 7.89. The number of likely N-dealkylation sites (tertiary alicyclic amines) is 1. The summed E-state index contributed by atoms with van der Waals surface area (Å²) in [5, 5.41) is 0.956. The number of pyridine rings is 1. The maximum absolute atomic E-state index is 13.0. The lowest BCUT2D eigenvalue weighted by atomic mass is 9.92. The second kappa shape index (κ2) is 9.02. The number of anilines is 1. The van der Waals surface area contributed by atoms with Crippen LogP contribution >= 0.6 is 0 Å². The van der Waals surface area contributed by atoms with E-state index >= 15 is 0 Å². The van der Waals surface area contributed by atoms with E-state index in [0.717, 1.165) is 74.4 Å². The molecule has 30 heavy (non-hydrogen) atoms. The third kappa shape index (κ3) is 4.13. The number of esters is 1. The van der Waals surface area contributed by atoms with E-state index < -0.39 is 0 Å². The van der Waals surface area contributed by atoms with E-state index in [9.17, 15) is 9.59 Å². The zero-order valence-electron chi connectivity index (χ0n) is 18.0. The van der Waals surface area contributed by atoms with Crippen LogP contribution in [0.1, 0.15) is 49.9 Å². The summed E-state index contributed by atoms with van der Waals surface area (Å²) >= 11 is 0. The van der Waals surface area contributed by atoms with Gasteiger partial charge in [-0.3, -0.25) is 9.78 Å². The van der Waals surface area contributed by atoms with Gasteiger partial charge in [0.2, 0.25) is 5.91 Å². The van der Waals surface area contributed by atoms with E-state index in [1.54, 1.807) is 6.20 Å². The van der Waals surface area contributed by atoms with Crippen LogP contribution in [0.4, 0.5) is 5.69 Å². The Morgan fingerprint density at radius 1 is 1.07 bits per heavy atom. The van der Waals surface area contributed by atoms with Crippen molar-refractivity contribution in [1.82, 2.24) is 9.88 Å². The minimum absolute atomic E-state index is 0.0776. The number of hydrogen-bond acceptors (Lipinski definition) is 5. The van der Waals surface area contributed by atoms with E-state index in [-0.39, 0.29) is 11.9 Å². The molecule has 0 atom stereocenters. The third-order valence-corrected chi connectivity index (χ3v) is 6.50. The number of carbonyl (C=O) groups excluding carboxylic acids is 2. The number of carbonyl (C=O) groups is 2. The second-order valence-electron chi connectivity index (χ2n) is 8.53. The van der Waals surface area contributed by atoms with E-state index in [0.29, 0.717) is 18.1 Å². The normalized spacial score (nSPS) is 18.6. The van der Waals surface area contributed by atoms with Gasteiger partial charge in [-0.1, -0.05) is 25.1 Å². The Labute approximate surface area is 178 Å². The lowest BCUT2D eigenvalue weighted by Gasteiger charge is -2.38. The number of amides is 1. The van der Waals surface area contributed by atoms with Crippen molar-refractivity contribution in [1.29, 1.82) is 0 Å². The van der Waals surface area contributed by atoms with Gasteiger partial charge in [-0.25, -0.2) is 4.79 Å². The maximum atomic E-state index is 13.0. The standard InChI is InChI=1S/C24H31N3O3/c1-3-30-24(29)20-16-25-21-7-5-4-6-19(21)22(20)26-14-10-18(11-15-26)23(28)27-12-8-17(2)9-13-27/h4-7,16-18H,3,8-15H2,1-2H3. The first-order chi connectivity index (χ1) is 14.6. The Bertz CT molecular complexity index is 913. The number of rotatable bonds is 4. The molecular weight excluding hydrogens is 378 g/mol. The largest absolute Gasteiger partial charge is 0.462 e. The molecule has 6 heteroatoms. The molecule has 2 aliphatic heterocycles. The Kier molecular flexibility index (Phi) is 6.21. The van der Waals surface area contributed by atoms with Gasteiger partial charge in [0.1, 0.15) is 5.56 Å². The molecule has 1 aromatic heterocycles. The molecule has 4 rings (SSSR count). The fourth-order valence-corrected chi connectivity index (χ4v) is 4.66. The molecule has 0 unspecified atom stereocenters. The first-order valence-electron chi connectivity index (χ1n) is 11.2. The van der Waals surface area contributed by atoms with Gasteiger partial charge in [0, 0.05) is 43.7 Å². The summed E-state index contributed by atoms with van der Waals surface area (Å²) in [7, 11) is 0. The van der Waals surface area contributed by atoms with Crippen molar-refractivity contribution >= 4 is 28.5 Å². The topological polar surface area (TPSA) is 62.7 Å². The van der Waals surface area contributed by atoms with Crippen LogP contribution < -0.4 is 4.90 Å². The molecule has 6 nitrogen and oxygen atoms in total. The molecule has 0 spiro atoms. The minimum atomic E-state index is -0.341. The predicted octanol–water partition coefficient (Wildman–Crippen LogP) is 3.89. The molecule has 3 heterocycles. The first kappa shape index (κ1) is 20.6. The molecule has 0 saturated carbocycles. The van der Waals surface area contributed by atoms with E-state index in [1.807, 2.05) is 31.2 Å². The summed E-state index contributed by atoms with van der Waals surface area (Å²) in [6.07, 6.45) is 5.46. The van der Waals surface area contributed by atoms with Crippen molar-refractivity contribution in [3.05, 3.63) is 36.0 Å². The molecule has 0 aliphatic carbocycles. The number of hydrogen-bond donors (Lipinski definition) is 0. The van der Waals surface area contributed by atoms with E-state index in [1.165, 1.54) is 0 Å². The van der Waals surface area contributed by atoms with Crippen LogP contribution in [0.5, 0.6) is 0 Å². The average molecular weight is 410 g/mol. The molecule has 0 bridgehead atoms. The highest BCUT2D eigenvalue weighted by Gasteiger charge is 2.32. The maximum Gasteiger partial charge on any atom is 0.341 e. The lowest BCUT2D eigenvalue weighted by molar-refractivity contribution is -0.137. The highest BCUT2D eigenvalue weighted by molar-refractivity contribution is 6.05. The van der Waals surface area contributed by atoms with Gasteiger partial charge in [-0.15, -0.1) is 0 Å². The SMILES string of the molecule is CCOC(=O)c1cnc2ccccc2c1N1CCC(C(=O)N2CCC(C)CC2)CC1. The number of ether oxygens (including phenoxy) is 1. The fraction of sp³-hybridized carbons (Fsp3) is 0.542. The third-order valence-electron chi connectivity index (χ3n) is 6.50. The zero-order valence-corrected chi connectivity index (χ0v) is 18.0. The molecule has 2 aromatic rings. The van der Waals surface area contributed by atoms with Gasteiger partial charge in [0.15, 0.2) is 0 Å². The van der Waals surface area contributed by atoms with Crippen LogP contribution in [0.25, 0.3) is 10.9 Å². The zero-order chi connectivity index (χ0) is 21.1. The van der Waals surface area contributed by atoms with Gasteiger partial charge < -0.3 is 14.5 Å². The number of piperidine rings is 2. The fourth-order valence-electron chi connectivity index (χ4n) is 4.66. The summed E-state index contributed by atoms with van der Waals surface area (Å²) in [5.74, 6) is 0.768. The van der Waals surface area contributed by atoms with Crippen LogP contribution in [0.3, 0.4) is 0 Å². The molecule has 2 aliphatic rings. The van der Waals surface area contributed by atoms with Crippen LogP contribution in [-0.2, 0) is 9.53 Å². The Balaban J connectivity index is 1.53. The van der Waals surface area contributed by atoms with Gasteiger partial charge in [-0.2, -0.15) is 0 Å². The Morgan fingerprint density at radius 3 is 2.47 bits per heavy atom. The van der Waals surface area contributed by atoms with Crippen LogP contribution in [-0.4, -0.2) is 54.5 Å². The van der Waals surface area contributed by atoms with Crippen molar-refractivity contribution in [2.75, 3.05) is 37.7 Å². The van der Waals surface area contributed by atoms with Crippen LogP contribution in [0.15, 0.2) is 30.5 Å². The predicted molar refractivity (Wildman–Crippen MR) is 118 cm³/mol. The summed E-state index contributed by atoms with van der Waals surface area (Å²) in [4.78, 5) is 34.4. The van der Waals surface area contributed by atoms with Gasteiger partial charge in [0.05, 0.1) is 17.8 Å². The van der Waals surface area contributed by atoms with Crippen molar-refractivity contribution in [3.63, 3.8) is 0 Å². The van der Waals surface area contributed by atoms with E-state index in [4.69, 9.17) is 4.74 Å². The highest BCUT2D eigenvalue weighted by Crippen LogP contribution is 2.34. The van der Waals surface area contributed by atoms with E-state index in [2.05, 4.69) is 21.7 Å². The smallest absolute Gasteiger partial charge is 0.341 e. The first-order valence-corrected chi connectivity index (χ1v) is 11.2. The summed E-state index contributed by atoms with van der Waals surface area (Å²) in [5.41, 5.74) is 2.25. The molecule has 1 amide bonds. The molecule has 0 radical (unpaired) electrons. The van der Waals surface area contributed by atoms with Crippen molar-refractivity contribution in [3.8, 4) is 0 Å². The number of fused-ring (bicyclic) bond motifs is 1. The van der Waals surface area contributed by atoms with Gasteiger partial charge >= 0.3 is 5.97 Å². The quantitative estimate of drug-likeness (QED) is 0.717. The number of aromatic nitrogens is 1. The van der Waals surface area contributed by atoms with Crippen molar-refractivity contribution < 1.29 is 14.3 Å². The van der Waals surface area contributed by atoms with Crippen molar-refractivity contribution in [2.24, 2.45) is 11.8 Å². The number of para-hydroxylation sites is 1. The molecule has 2 fully saturated rings. The van der Waals surface area contributed by atoms with Crippen LogP contribution in [0, 0.1) is 11.8 Å². The summed E-state index contributed by atoms with van der Waals surface area (Å²) in [6.45, 7) is 7.69. The molecule has 0 N–H and O–H groups in total. The molecule has 2 saturated heterocycles. The average Bonchev–Trinajstić information content (AvgIpc) is 2.78. The number of benzene rings is 1. The molecular formula is C24H31N3O3. The highest BCUT2D eigenvalue weighted by atomic mass is 16.5. The van der Waals surface area contributed by atoms with Crippen LogP contribution in [0.2, 0.25) is 0 Å². The number of nitrogens with zero attached hydrogens (tertiary/aromatic N) is 3. The Morgan fingerprint density at radius 2 is 1.77 bits per heavy atom. The molecule has 160 valence electrons. The monoisotopic (exact) mass is 409 g/mol. The lowest BCUT2D eigenvalue weighted by Crippen LogP contribution is -2.45. The van der Waals surface area contributed by atoms with Gasteiger partial charge in [-0.05, 0) is 44.6 Å². The summed E-state index contributed by atoms with van der Waals surface area (Å²) < 4.78 is 5.29. The molecule has 1 aromatic carbocycles. The van der Waals surface area contributed by atoms with Gasteiger partial charge in [0.25, 0.3) is 0 Å². The Hall–Kier alpha value is -2.63. The van der Waals surface area contributed by atoms with Crippen molar-refractivity contribution in [2.45, 2.75) is 39.5 Å². The second-order valence-corrected chi connectivity index (χ2v) is 8.53.